The maximum Gasteiger partial charge on any atom is 0.0917 e. The SMILES string of the molecule is CCCN(CCC)CC(O)c1cccc(I)c1.Cl. The molecule has 4 heteroatoms. The molecule has 0 amide bonds. The van der Waals surface area contributed by atoms with Crippen LogP contribution in [-0.2, 0) is 0 Å². The van der Waals surface area contributed by atoms with Gasteiger partial charge in [-0.1, -0.05) is 26.0 Å². The highest BCUT2D eigenvalue weighted by Crippen LogP contribution is 2.17. The molecule has 0 saturated heterocycles. The van der Waals surface area contributed by atoms with E-state index in [0.29, 0.717) is 0 Å². The minimum atomic E-state index is -0.372. The van der Waals surface area contributed by atoms with Crippen LogP contribution in [0.15, 0.2) is 24.3 Å². The van der Waals surface area contributed by atoms with E-state index in [1.165, 1.54) is 3.57 Å². The molecule has 1 aromatic rings. The van der Waals surface area contributed by atoms with Crippen molar-refractivity contribution in [2.75, 3.05) is 19.6 Å². The topological polar surface area (TPSA) is 23.5 Å². The van der Waals surface area contributed by atoms with Gasteiger partial charge >= 0.3 is 0 Å². The first kappa shape index (κ1) is 18.2. The second-order valence-electron chi connectivity index (χ2n) is 4.37. The molecule has 1 rings (SSSR count). The molecule has 0 aromatic heterocycles. The molecule has 0 aliphatic carbocycles. The van der Waals surface area contributed by atoms with E-state index in [4.69, 9.17) is 0 Å². The maximum absolute atomic E-state index is 10.2. The average molecular weight is 384 g/mol. The van der Waals surface area contributed by atoms with Gasteiger partial charge in [-0.15, -0.1) is 12.4 Å². The lowest BCUT2D eigenvalue weighted by atomic mass is 10.1. The number of halogens is 2. The third-order valence-corrected chi connectivity index (χ3v) is 3.42. The van der Waals surface area contributed by atoms with Gasteiger partial charge in [0, 0.05) is 10.1 Å². The minimum absolute atomic E-state index is 0. The van der Waals surface area contributed by atoms with Crippen molar-refractivity contribution in [1.29, 1.82) is 0 Å². The largest absolute Gasteiger partial charge is 0.387 e. The molecule has 2 nitrogen and oxygen atoms in total. The summed E-state index contributed by atoms with van der Waals surface area (Å²) in [5.74, 6) is 0. The molecule has 0 radical (unpaired) electrons. The van der Waals surface area contributed by atoms with Gasteiger partial charge in [0.1, 0.15) is 0 Å². The monoisotopic (exact) mass is 383 g/mol. The average Bonchev–Trinajstić information content (AvgIpc) is 2.29. The Bertz CT molecular complexity index is 329. The Labute approximate surface area is 130 Å². The van der Waals surface area contributed by atoms with E-state index in [1.54, 1.807) is 0 Å². The smallest absolute Gasteiger partial charge is 0.0917 e. The van der Waals surface area contributed by atoms with E-state index in [9.17, 15) is 5.11 Å². The van der Waals surface area contributed by atoms with Crippen LogP contribution in [0.5, 0.6) is 0 Å². The fourth-order valence-electron chi connectivity index (χ4n) is 1.99. The molecule has 1 N–H and O–H groups in total. The van der Waals surface area contributed by atoms with E-state index in [-0.39, 0.29) is 18.5 Å². The summed E-state index contributed by atoms with van der Waals surface area (Å²) in [5.41, 5.74) is 1.02. The van der Waals surface area contributed by atoms with Crippen LogP contribution in [-0.4, -0.2) is 29.6 Å². The predicted octanol–water partition coefficient (Wildman–Crippen LogP) is 3.87. The highest BCUT2D eigenvalue weighted by molar-refractivity contribution is 14.1. The van der Waals surface area contributed by atoms with Crippen LogP contribution >= 0.6 is 35.0 Å². The Morgan fingerprint density at radius 1 is 1.22 bits per heavy atom. The first-order valence-corrected chi connectivity index (χ1v) is 7.41. The van der Waals surface area contributed by atoms with Crippen molar-refractivity contribution < 1.29 is 5.11 Å². The number of aliphatic hydroxyl groups is 1. The molecule has 1 atom stereocenters. The zero-order chi connectivity index (χ0) is 12.7. The van der Waals surface area contributed by atoms with Crippen LogP contribution in [0, 0.1) is 3.57 Å². The van der Waals surface area contributed by atoms with Gasteiger partial charge in [0.05, 0.1) is 6.10 Å². The maximum atomic E-state index is 10.2. The number of hydrogen-bond donors (Lipinski definition) is 1. The normalized spacial score (nSPS) is 12.3. The summed E-state index contributed by atoms with van der Waals surface area (Å²) in [6.45, 7) is 7.23. The highest BCUT2D eigenvalue weighted by atomic mass is 127. The third kappa shape index (κ3) is 6.36. The summed E-state index contributed by atoms with van der Waals surface area (Å²) >= 11 is 2.28. The van der Waals surface area contributed by atoms with Crippen molar-refractivity contribution >= 4 is 35.0 Å². The molecule has 0 bridgehead atoms. The number of benzene rings is 1. The zero-order valence-electron chi connectivity index (χ0n) is 11.1. The van der Waals surface area contributed by atoms with Crippen molar-refractivity contribution in [1.82, 2.24) is 4.90 Å². The number of rotatable bonds is 7. The van der Waals surface area contributed by atoms with Gasteiger partial charge in [-0.3, -0.25) is 0 Å². The molecule has 0 aliphatic rings. The van der Waals surface area contributed by atoms with Crippen LogP contribution in [0.1, 0.15) is 38.4 Å². The number of aliphatic hydroxyl groups excluding tert-OH is 1. The number of hydrogen-bond acceptors (Lipinski definition) is 2. The fourth-order valence-corrected chi connectivity index (χ4v) is 2.56. The van der Waals surface area contributed by atoms with Gasteiger partial charge in [0.25, 0.3) is 0 Å². The quantitative estimate of drug-likeness (QED) is 0.723. The highest BCUT2D eigenvalue weighted by Gasteiger charge is 2.12. The molecule has 1 aromatic carbocycles. The van der Waals surface area contributed by atoms with Crippen LogP contribution < -0.4 is 0 Å². The van der Waals surface area contributed by atoms with Gasteiger partial charge in [0.2, 0.25) is 0 Å². The molecule has 18 heavy (non-hydrogen) atoms. The second kappa shape index (κ2) is 10.0. The summed E-state index contributed by atoms with van der Waals surface area (Å²) in [5, 5.41) is 10.2. The summed E-state index contributed by atoms with van der Waals surface area (Å²) in [7, 11) is 0. The van der Waals surface area contributed by atoms with Gasteiger partial charge in [-0.25, -0.2) is 0 Å². The summed E-state index contributed by atoms with van der Waals surface area (Å²) in [6, 6.07) is 8.11. The van der Waals surface area contributed by atoms with Crippen molar-refractivity contribution in [3.8, 4) is 0 Å². The molecule has 0 aliphatic heterocycles. The first-order chi connectivity index (χ1) is 8.17. The Morgan fingerprint density at radius 2 is 1.83 bits per heavy atom. The predicted molar refractivity (Wildman–Crippen MR) is 88.4 cm³/mol. The molecule has 104 valence electrons. The first-order valence-electron chi connectivity index (χ1n) is 6.33. The van der Waals surface area contributed by atoms with Gasteiger partial charge in [-0.2, -0.15) is 0 Å². The van der Waals surface area contributed by atoms with Crippen molar-refractivity contribution in [2.45, 2.75) is 32.8 Å². The lowest BCUT2D eigenvalue weighted by Crippen LogP contribution is -2.30. The summed E-state index contributed by atoms with van der Waals surface area (Å²) in [4.78, 5) is 2.34. The third-order valence-electron chi connectivity index (χ3n) is 2.74. The van der Waals surface area contributed by atoms with E-state index in [1.807, 2.05) is 18.2 Å². The van der Waals surface area contributed by atoms with E-state index >= 15 is 0 Å². The number of nitrogens with zero attached hydrogens (tertiary/aromatic N) is 1. The fraction of sp³-hybridized carbons (Fsp3) is 0.571. The van der Waals surface area contributed by atoms with Gasteiger partial charge in [-0.05, 0) is 66.2 Å². The molecular formula is C14H23ClINO. The zero-order valence-corrected chi connectivity index (χ0v) is 14.1. The van der Waals surface area contributed by atoms with Crippen molar-refractivity contribution in [3.63, 3.8) is 0 Å². The molecule has 1 unspecified atom stereocenters. The van der Waals surface area contributed by atoms with Crippen LogP contribution in [0.25, 0.3) is 0 Å². The summed E-state index contributed by atoms with van der Waals surface area (Å²) in [6.07, 6.45) is 1.90. The van der Waals surface area contributed by atoms with Crippen LogP contribution in [0.4, 0.5) is 0 Å². The molecule has 0 saturated carbocycles. The lowest BCUT2D eigenvalue weighted by molar-refractivity contribution is 0.113. The Morgan fingerprint density at radius 3 is 2.33 bits per heavy atom. The van der Waals surface area contributed by atoms with E-state index in [2.05, 4.69) is 47.4 Å². The van der Waals surface area contributed by atoms with Gasteiger partial charge < -0.3 is 10.0 Å². The summed E-state index contributed by atoms with van der Waals surface area (Å²) < 4.78 is 1.18. The molecule has 0 fully saturated rings. The van der Waals surface area contributed by atoms with Gasteiger partial charge in [0.15, 0.2) is 0 Å². The van der Waals surface area contributed by atoms with E-state index < -0.39 is 0 Å². The van der Waals surface area contributed by atoms with Crippen LogP contribution in [0.2, 0.25) is 0 Å². The second-order valence-corrected chi connectivity index (χ2v) is 5.62. The molecular weight excluding hydrogens is 361 g/mol. The van der Waals surface area contributed by atoms with Crippen molar-refractivity contribution in [2.24, 2.45) is 0 Å². The minimum Gasteiger partial charge on any atom is -0.387 e. The van der Waals surface area contributed by atoms with E-state index in [0.717, 1.165) is 38.0 Å². The van der Waals surface area contributed by atoms with Crippen molar-refractivity contribution in [3.05, 3.63) is 33.4 Å². The lowest BCUT2D eigenvalue weighted by Gasteiger charge is -2.24. The standard InChI is InChI=1S/C14H22INO.ClH/c1-3-8-16(9-4-2)11-14(17)12-6-5-7-13(15)10-12;/h5-7,10,14,17H,3-4,8-9,11H2,1-2H3;1H. The van der Waals surface area contributed by atoms with Crippen LogP contribution in [0.3, 0.4) is 0 Å². The Hall–Kier alpha value is 0.160. The molecule has 0 heterocycles. The Balaban J connectivity index is 0.00000289. The Kier molecular flexibility index (Phi) is 10.1. The molecule has 0 spiro atoms.